The Morgan fingerprint density at radius 1 is 0.484 bits per heavy atom. The average Bonchev–Trinajstić information content (AvgIpc) is 3.26. The highest BCUT2D eigenvalue weighted by Gasteiger charge is 2.16. The van der Waals surface area contributed by atoms with Gasteiger partial charge in [0.15, 0.2) is 0 Å². The third-order valence-electron chi connectivity index (χ3n) is 5.24. The molecule has 2 N–H and O–H groups in total. The van der Waals surface area contributed by atoms with E-state index in [4.69, 9.17) is 5.73 Å². The largest absolute Gasteiger partial charge is 0.399 e. The van der Waals surface area contributed by atoms with Crippen molar-refractivity contribution in [2.24, 2.45) is 0 Å². The summed E-state index contributed by atoms with van der Waals surface area (Å²) in [7, 11) is 0. The Balaban J connectivity index is 0.00000231. The highest BCUT2D eigenvalue weighted by molar-refractivity contribution is 7.19. The van der Waals surface area contributed by atoms with Crippen LogP contribution in [-0.4, -0.2) is 0 Å². The van der Waals surface area contributed by atoms with Gasteiger partial charge in [-0.25, -0.2) is 0 Å². The van der Waals surface area contributed by atoms with Gasteiger partial charge in [0.05, 0.1) is 0 Å². The van der Waals surface area contributed by atoms with Crippen LogP contribution in [0, 0.1) is 0 Å². The number of nitrogen functional groups attached to an aromatic ring is 1. The highest BCUT2D eigenvalue weighted by Crippen LogP contribution is 2.45. The quantitative estimate of drug-likeness (QED) is 0.290. The fraction of sp³-hybridized carbons (Fsp3) is 0.0345. The van der Waals surface area contributed by atoms with Crippen LogP contribution < -0.4 is 5.73 Å². The molecule has 5 rings (SSSR count). The van der Waals surface area contributed by atoms with Gasteiger partial charge in [0, 0.05) is 21.0 Å². The van der Waals surface area contributed by atoms with Gasteiger partial charge in [-0.05, 0) is 46.0 Å². The van der Waals surface area contributed by atoms with Gasteiger partial charge in [-0.3, -0.25) is 0 Å². The lowest BCUT2D eigenvalue weighted by Crippen LogP contribution is -1.87. The minimum absolute atomic E-state index is 0. The van der Waals surface area contributed by atoms with Gasteiger partial charge in [0.2, 0.25) is 0 Å². The number of nitrogens with two attached hydrogens (primary N) is 1. The second-order valence-electron chi connectivity index (χ2n) is 7.26. The summed E-state index contributed by atoms with van der Waals surface area (Å²) in [5, 5.41) is 0. The topological polar surface area (TPSA) is 26.0 Å². The Bertz CT molecular complexity index is 1230. The maximum absolute atomic E-state index is 6.07. The summed E-state index contributed by atoms with van der Waals surface area (Å²) in [6.45, 7) is 0. The second kappa shape index (κ2) is 9.03. The first-order chi connectivity index (χ1) is 14.8. The number of hydrogen-bond donors (Lipinski definition) is 1. The number of anilines is 1. The summed E-state index contributed by atoms with van der Waals surface area (Å²) < 4.78 is 0. The van der Waals surface area contributed by atoms with E-state index in [2.05, 4.69) is 97.1 Å². The molecule has 0 aliphatic heterocycles. The van der Waals surface area contributed by atoms with Gasteiger partial charge < -0.3 is 5.73 Å². The highest BCUT2D eigenvalue weighted by atomic mass is 32.1. The van der Waals surface area contributed by atoms with Crippen LogP contribution in [0.3, 0.4) is 0 Å². The predicted molar refractivity (Wildman–Crippen MR) is 137 cm³/mol. The molecule has 0 atom stereocenters. The fourth-order valence-electron chi connectivity index (χ4n) is 3.82. The molecule has 1 nitrogen and oxygen atoms in total. The Morgan fingerprint density at radius 2 is 1.06 bits per heavy atom. The molecule has 0 bridgehead atoms. The van der Waals surface area contributed by atoms with E-state index >= 15 is 0 Å². The Labute approximate surface area is 188 Å². The van der Waals surface area contributed by atoms with Crippen molar-refractivity contribution in [3.8, 4) is 43.1 Å². The summed E-state index contributed by atoms with van der Waals surface area (Å²) in [4.78, 5) is 2.55. The van der Waals surface area contributed by atoms with Crippen LogP contribution in [0.4, 0.5) is 5.69 Å². The van der Waals surface area contributed by atoms with E-state index < -0.39 is 0 Å². The van der Waals surface area contributed by atoms with Crippen molar-refractivity contribution in [1.29, 1.82) is 0 Å². The van der Waals surface area contributed by atoms with Gasteiger partial charge >= 0.3 is 0 Å². The van der Waals surface area contributed by atoms with Crippen molar-refractivity contribution in [3.05, 3.63) is 115 Å². The van der Waals surface area contributed by atoms with Crippen LogP contribution >= 0.6 is 11.3 Å². The van der Waals surface area contributed by atoms with Gasteiger partial charge in [0.1, 0.15) is 0 Å². The van der Waals surface area contributed by atoms with Crippen LogP contribution in [-0.2, 0) is 0 Å². The molecule has 31 heavy (non-hydrogen) atoms. The molecule has 1 aromatic heterocycles. The molecular weight excluding hydrogens is 394 g/mol. The van der Waals surface area contributed by atoms with Crippen LogP contribution in [0.25, 0.3) is 43.1 Å². The van der Waals surface area contributed by atoms with Gasteiger partial charge in [0.25, 0.3) is 0 Å². The van der Waals surface area contributed by atoms with E-state index in [0.29, 0.717) is 0 Å². The van der Waals surface area contributed by atoms with Crippen LogP contribution in [0.15, 0.2) is 115 Å². The molecule has 0 fully saturated rings. The minimum Gasteiger partial charge on any atom is -0.399 e. The van der Waals surface area contributed by atoms with E-state index in [1.807, 2.05) is 29.5 Å². The fourth-order valence-corrected chi connectivity index (χ4v) is 5.04. The van der Waals surface area contributed by atoms with Crippen molar-refractivity contribution in [1.82, 2.24) is 0 Å². The van der Waals surface area contributed by atoms with Crippen molar-refractivity contribution < 1.29 is 0 Å². The minimum atomic E-state index is 0. The molecule has 0 amide bonds. The molecule has 1 heterocycles. The Morgan fingerprint density at radius 3 is 1.74 bits per heavy atom. The monoisotopic (exact) mass is 419 g/mol. The third kappa shape index (κ3) is 4.16. The lowest BCUT2D eigenvalue weighted by Gasteiger charge is -2.09. The predicted octanol–water partition coefficient (Wildman–Crippen LogP) is 8.63. The van der Waals surface area contributed by atoms with Crippen molar-refractivity contribution in [2.45, 2.75) is 7.43 Å². The summed E-state index contributed by atoms with van der Waals surface area (Å²) in [5.41, 5.74) is 14.2. The normalized spacial score (nSPS) is 10.5. The van der Waals surface area contributed by atoms with E-state index in [1.165, 1.54) is 37.6 Å². The smallest absolute Gasteiger partial charge is 0.0427 e. The van der Waals surface area contributed by atoms with Crippen molar-refractivity contribution in [2.75, 3.05) is 5.73 Å². The van der Waals surface area contributed by atoms with E-state index in [9.17, 15) is 0 Å². The molecule has 2 heteroatoms. The first-order valence-corrected chi connectivity index (χ1v) is 10.8. The standard InChI is InChI=1S/C28H21NS.CH4/c29-23-15-9-14-22(18-23)24-16-7-8-17-25(24)27-19-26(20-10-3-1-4-11-20)28(30-27)21-12-5-2-6-13-21;/h1-19H,29H2;1H4. The summed E-state index contributed by atoms with van der Waals surface area (Å²) in [6, 6.07) is 40.3. The van der Waals surface area contributed by atoms with Gasteiger partial charge in [-0.15, -0.1) is 11.3 Å². The number of benzene rings is 4. The molecule has 152 valence electrons. The molecule has 0 aliphatic carbocycles. The van der Waals surface area contributed by atoms with Crippen molar-refractivity contribution in [3.63, 3.8) is 0 Å². The van der Waals surface area contributed by atoms with E-state index in [-0.39, 0.29) is 7.43 Å². The second-order valence-corrected chi connectivity index (χ2v) is 8.31. The summed E-state index contributed by atoms with van der Waals surface area (Å²) in [5.74, 6) is 0. The molecule has 0 radical (unpaired) electrons. The zero-order chi connectivity index (χ0) is 20.3. The molecule has 0 spiro atoms. The zero-order valence-corrected chi connectivity index (χ0v) is 17.3. The number of hydrogen-bond acceptors (Lipinski definition) is 2. The SMILES string of the molecule is C.Nc1cccc(-c2ccccc2-c2cc(-c3ccccc3)c(-c3ccccc3)s2)c1. The van der Waals surface area contributed by atoms with E-state index in [1.54, 1.807) is 0 Å². The lowest BCUT2D eigenvalue weighted by atomic mass is 9.97. The number of rotatable bonds is 4. The molecule has 5 aromatic rings. The third-order valence-corrected chi connectivity index (χ3v) is 6.46. The van der Waals surface area contributed by atoms with Crippen LogP contribution in [0.2, 0.25) is 0 Å². The first kappa shape index (κ1) is 20.6. The van der Waals surface area contributed by atoms with Gasteiger partial charge in [-0.2, -0.15) is 0 Å². The molecule has 0 saturated heterocycles. The molecule has 0 aliphatic rings. The molecule has 0 saturated carbocycles. The zero-order valence-electron chi connectivity index (χ0n) is 16.5. The maximum Gasteiger partial charge on any atom is 0.0427 e. The maximum atomic E-state index is 6.07. The van der Waals surface area contributed by atoms with Crippen LogP contribution in [0.5, 0.6) is 0 Å². The van der Waals surface area contributed by atoms with Crippen LogP contribution in [0.1, 0.15) is 7.43 Å². The van der Waals surface area contributed by atoms with E-state index in [0.717, 1.165) is 11.3 Å². The molecule has 0 unspecified atom stereocenters. The summed E-state index contributed by atoms with van der Waals surface area (Å²) in [6.07, 6.45) is 0. The van der Waals surface area contributed by atoms with Crippen molar-refractivity contribution >= 4 is 17.0 Å². The molecule has 4 aromatic carbocycles. The number of thiophene rings is 1. The first-order valence-electron chi connectivity index (χ1n) is 9.99. The molecular formula is C29H25NS. The average molecular weight is 420 g/mol. The lowest BCUT2D eigenvalue weighted by molar-refractivity contribution is 1.61. The Hall–Kier alpha value is -3.62. The Kier molecular flexibility index (Phi) is 6.01. The van der Waals surface area contributed by atoms with Gasteiger partial charge in [-0.1, -0.05) is 104 Å². The summed E-state index contributed by atoms with van der Waals surface area (Å²) >= 11 is 1.84.